The Morgan fingerprint density at radius 2 is 2.64 bits per heavy atom. The largest absolute Gasteiger partial charge is 0.381 e. The molecule has 2 atom stereocenters. The standard InChI is InChI=1S/C9H15N3OS/c10-11-9(8-3-5-14-12-8)7-2-1-4-13-6-7/h3,5,7,9,11H,1-2,4,6,10H2. The molecule has 2 rings (SSSR count). The van der Waals surface area contributed by atoms with E-state index in [2.05, 4.69) is 9.80 Å². The van der Waals surface area contributed by atoms with E-state index in [-0.39, 0.29) is 6.04 Å². The first-order valence-electron chi connectivity index (χ1n) is 4.86. The molecule has 1 aromatic rings. The SMILES string of the molecule is NNC(c1ccsn1)C1CCCOC1. The van der Waals surface area contributed by atoms with Crippen LogP contribution in [0.1, 0.15) is 24.6 Å². The highest BCUT2D eigenvalue weighted by atomic mass is 32.1. The summed E-state index contributed by atoms with van der Waals surface area (Å²) < 4.78 is 9.75. The summed E-state index contributed by atoms with van der Waals surface area (Å²) in [5.74, 6) is 6.01. The first-order valence-corrected chi connectivity index (χ1v) is 5.69. The van der Waals surface area contributed by atoms with Crippen LogP contribution in [0.2, 0.25) is 0 Å². The van der Waals surface area contributed by atoms with Crippen LogP contribution in [0.15, 0.2) is 11.4 Å². The van der Waals surface area contributed by atoms with Crippen molar-refractivity contribution in [2.45, 2.75) is 18.9 Å². The van der Waals surface area contributed by atoms with E-state index in [1.165, 1.54) is 11.5 Å². The summed E-state index contributed by atoms with van der Waals surface area (Å²) in [6.45, 7) is 1.66. The zero-order valence-electron chi connectivity index (χ0n) is 7.98. The van der Waals surface area contributed by atoms with Gasteiger partial charge in [0.2, 0.25) is 0 Å². The van der Waals surface area contributed by atoms with Gasteiger partial charge in [-0.3, -0.25) is 11.3 Å². The van der Waals surface area contributed by atoms with Crippen molar-refractivity contribution >= 4 is 11.5 Å². The number of hydrogen-bond donors (Lipinski definition) is 2. The lowest BCUT2D eigenvalue weighted by atomic mass is 9.92. The second-order valence-corrected chi connectivity index (χ2v) is 4.21. The predicted octanol–water partition coefficient (Wildman–Crippen LogP) is 1.07. The molecule has 0 aromatic carbocycles. The van der Waals surface area contributed by atoms with Gasteiger partial charge in [0, 0.05) is 17.9 Å². The van der Waals surface area contributed by atoms with Crippen LogP contribution in [0.25, 0.3) is 0 Å². The van der Waals surface area contributed by atoms with Crippen molar-refractivity contribution in [3.05, 3.63) is 17.1 Å². The number of ether oxygens (including phenoxy) is 1. The average molecular weight is 213 g/mol. The quantitative estimate of drug-likeness (QED) is 0.582. The topological polar surface area (TPSA) is 60.2 Å². The van der Waals surface area contributed by atoms with Crippen LogP contribution in [-0.4, -0.2) is 17.6 Å². The maximum atomic E-state index is 5.55. The summed E-state index contributed by atoms with van der Waals surface area (Å²) in [5, 5.41) is 1.98. The van der Waals surface area contributed by atoms with E-state index in [9.17, 15) is 0 Å². The third kappa shape index (κ3) is 2.12. The Kier molecular flexibility index (Phi) is 3.47. The number of hydrazine groups is 1. The van der Waals surface area contributed by atoms with E-state index in [0.717, 1.165) is 31.7 Å². The minimum absolute atomic E-state index is 0.140. The Morgan fingerprint density at radius 3 is 3.21 bits per heavy atom. The molecule has 0 spiro atoms. The van der Waals surface area contributed by atoms with Gasteiger partial charge in [-0.05, 0) is 30.4 Å². The summed E-state index contributed by atoms with van der Waals surface area (Å²) in [5.41, 5.74) is 3.87. The highest BCUT2D eigenvalue weighted by molar-refractivity contribution is 7.03. The van der Waals surface area contributed by atoms with Gasteiger partial charge in [-0.25, -0.2) is 0 Å². The molecular formula is C9H15N3OS. The highest BCUT2D eigenvalue weighted by Gasteiger charge is 2.25. The molecule has 1 fully saturated rings. The molecule has 1 saturated heterocycles. The van der Waals surface area contributed by atoms with Gasteiger partial charge >= 0.3 is 0 Å². The minimum atomic E-state index is 0.140. The van der Waals surface area contributed by atoms with Crippen LogP contribution in [0.4, 0.5) is 0 Å². The van der Waals surface area contributed by atoms with Gasteiger partial charge in [0.25, 0.3) is 0 Å². The molecule has 0 amide bonds. The molecule has 0 radical (unpaired) electrons. The van der Waals surface area contributed by atoms with Crippen molar-refractivity contribution in [3.8, 4) is 0 Å². The van der Waals surface area contributed by atoms with Gasteiger partial charge in [0.15, 0.2) is 0 Å². The van der Waals surface area contributed by atoms with Crippen LogP contribution < -0.4 is 11.3 Å². The van der Waals surface area contributed by atoms with E-state index in [1.807, 2.05) is 11.4 Å². The molecule has 14 heavy (non-hydrogen) atoms. The van der Waals surface area contributed by atoms with Crippen molar-refractivity contribution in [1.82, 2.24) is 9.80 Å². The third-order valence-electron chi connectivity index (χ3n) is 2.62. The Hall–Kier alpha value is -0.490. The van der Waals surface area contributed by atoms with Crippen molar-refractivity contribution in [3.63, 3.8) is 0 Å². The Morgan fingerprint density at radius 1 is 1.71 bits per heavy atom. The van der Waals surface area contributed by atoms with Crippen LogP contribution in [-0.2, 0) is 4.74 Å². The molecule has 2 unspecified atom stereocenters. The average Bonchev–Trinajstić information content (AvgIpc) is 2.74. The zero-order valence-corrected chi connectivity index (χ0v) is 8.80. The van der Waals surface area contributed by atoms with Crippen LogP contribution in [0.3, 0.4) is 0 Å². The molecular weight excluding hydrogens is 198 g/mol. The molecule has 3 N–H and O–H groups in total. The molecule has 1 aliphatic heterocycles. The van der Waals surface area contributed by atoms with Gasteiger partial charge in [-0.2, -0.15) is 4.37 Å². The Bertz CT molecular complexity index is 259. The van der Waals surface area contributed by atoms with Crippen molar-refractivity contribution in [1.29, 1.82) is 0 Å². The number of aromatic nitrogens is 1. The predicted molar refractivity (Wildman–Crippen MR) is 55.7 cm³/mol. The molecule has 4 nitrogen and oxygen atoms in total. The van der Waals surface area contributed by atoms with Crippen LogP contribution >= 0.6 is 11.5 Å². The normalized spacial score (nSPS) is 24.8. The van der Waals surface area contributed by atoms with Gasteiger partial charge < -0.3 is 4.74 Å². The molecule has 1 aliphatic rings. The molecule has 0 saturated carbocycles. The van der Waals surface area contributed by atoms with E-state index < -0.39 is 0 Å². The molecule has 78 valence electrons. The van der Waals surface area contributed by atoms with Crippen molar-refractivity contribution in [2.75, 3.05) is 13.2 Å². The summed E-state index contributed by atoms with van der Waals surface area (Å²) in [4.78, 5) is 0. The summed E-state index contributed by atoms with van der Waals surface area (Å²) >= 11 is 1.46. The maximum Gasteiger partial charge on any atom is 0.0728 e. The lowest BCUT2D eigenvalue weighted by Gasteiger charge is -2.28. The van der Waals surface area contributed by atoms with Crippen LogP contribution in [0, 0.1) is 5.92 Å². The second-order valence-electron chi connectivity index (χ2n) is 3.55. The first kappa shape index (κ1) is 10.0. The monoisotopic (exact) mass is 213 g/mol. The zero-order chi connectivity index (χ0) is 9.80. The fraction of sp³-hybridized carbons (Fsp3) is 0.667. The molecule has 1 aromatic heterocycles. The van der Waals surface area contributed by atoms with E-state index in [1.54, 1.807) is 0 Å². The molecule has 0 aliphatic carbocycles. The number of nitrogens with zero attached hydrogens (tertiary/aromatic N) is 1. The smallest absolute Gasteiger partial charge is 0.0728 e. The van der Waals surface area contributed by atoms with Gasteiger partial charge in [0.1, 0.15) is 0 Å². The highest BCUT2D eigenvalue weighted by Crippen LogP contribution is 2.27. The van der Waals surface area contributed by atoms with E-state index in [0.29, 0.717) is 5.92 Å². The second kappa shape index (κ2) is 4.84. The Labute approximate surface area is 87.6 Å². The van der Waals surface area contributed by atoms with Crippen LogP contribution in [0.5, 0.6) is 0 Å². The maximum absolute atomic E-state index is 5.55. The van der Waals surface area contributed by atoms with Gasteiger partial charge in [-0.15, -0.1) is 0 Å². The van der Waals surface area contributed by atoms with E-state index >= 15 is 0 Å². The lowest BCUT2D eigenvalue weighted by Crippen LogP contribution is -2.37. The summed E-state index contributed by atoms with van der Waals surface area (Å²) in [7, 11) is 0. The first-order chi connectivity index (χ1) is 6.92. The lowest BCUT2D eigenvalue weighted by molar-refractivity contribution is 0.0385. The number of nitrogens with two attached hydrogens (primary N) is 1. The van der Waals surface area contributed by atoms with Gasteiger partial charge in [0.05, 0.1) is 18.3 Å². The summed E-state index contributed by atoms with van der Waals surface area (Å²) in [6, 6.07) is 2.16. The fourth-order valence-corrected chi connectivity index (χ4v) is 2.43. The number of nitrogens with one attached hydrogen (secondary N) is 1. The fourth-order valence-electron chi connectivity index (χ4n) is 1.87. The molecule has 5 heteroatoms. The molecule has 0 bridgehead atoms. The minimum Gasteiger partial charge on any atom is -0.381 e. The van der Waals surface area contributed by atoms with E-state index in [4.69, 9.17) is 10.6 Å². The van der Waals surface area contributed by atoms with Crippen molar-refractivity contribution in [2.24, 2.45) is 11.8 Å². The third-order valence-corrected chi connectivity index (χ3v) is 3.20. The summed E-state index contributed by atoms with van der Waals surface area (Å²) in [6.07, 6.45) is 2.28. The molecule has 2 heterocycles. The van der Waals surface area contributed by atoms with Gasteiger partial charge in [-0.1, -0.05) is 0 Å². The van der Waals surface area contributed by atoms with Crippen molar-refractivity contribution < 1.29 is 4.74 Å². The number of rotatable bonds is 3. The Balaban J connectivity index is 2.04. The number of hydrogen-bond acceptors (Lipinski definition) is 5.